The summed E-state index contributed by atoms with van der Waals surface area (Å²) >= 11 is 5.37. The zero-order chi connectivity index (χ0) is 13.8. The van der Waals surface area contributed by atoms with Crippen LogP contribution in [0.4, 0.5) is 0 Å². The molecule has 0 aliphatic carbocycles. The van der Waals surface area contributed by atoms with Crippen molar-refractivity contribution in [3.8, 4) is 0 Å². The van der Waals surface area contributed by atoms with Crippen LogP contribution in [0.15, 0.2) is 46.3 Å². The number of rotatable bonds is 5. The van der Waals surface area contributed by atoms with Gasteiger partial charge in [0.2, 0.25) is 0 Å². The lowest BCUT2D eigenvalue weighted by molar-refractivity contribution is 0.379. The van der Waals surface area contributed by atoms with Gasteiger partial charge in [0.25, 0.3) is 0 Å². The number of thiophene rings is 1. The molecule has 1 nitrogen and oxygen atoms in total. The molecule has 2 atom stereocenters. The van der Waals surface area contributed by atoms with E-state index >= 15 is 0 Å². The number of hydrogen-bond donors (Lipinski definition) is 1. The Labute approximate surface area is 128 Å². The van der Waals surface area contributed by atoms with Gasteiger partial charge in [0, 0.05) is 21.4 Å². The SMILES string of the molecule is CC(NC(c1cccs1)C(C)C)c1cccc(Br)c1. The third-order valence-electron chi connectivity index (χ3n) is 3.29. The third-order valence-corrected chi connectivity index (χ3v) is 4.74. The summed E-state index contributed by atoms with van der Waals surface area (Å²) in [6.07, 6.45) is 0. The van der Waals surface area contributed by atoms with E-state index in [0.717, 1.165) is 4.47 Å². The molecule has 1 aromatic heterocycles. The van der Waals surface area contributed by atoms with Crippen LogP contribution in [0.2, 0.25) is 0 Å². The second kappa shape index (κ2) is 6.69. The molecule has 0 radical (unpaired) electrons. The maximum Gasteiger partial charge on any atom is 0.0442 e. The van der Waals surface area contributed by atoms with Crippen molar-refractivity contribution in [1.82, 2.24) is 5.32 Å². The van der Waals surface area contributed by atoms with Gasteiger partial charge in [-0.2, -0.15) is 0 Å². The molecular formula is C16H20BrNS. The van der Waals surface area contributed by atoms with Crippen molar-refractivity contribution in [2.24, 2.45) is 5.92 Å². The predicted octanol–water partition coefficient (Wildman–Crippen LogP) is 5.56. The highest BCUT2D eigenvalue weighted by Crippen LogP contribution is 2.29. The summed E-state index contributed by atoms with van der Waals surface area (Å²) in [7, 11) is 0. The van der Waals surface area contributed by atoms with Crippen molar-refractivity contribution in [3.63, 3.8) is 0 Å². The molecule has 1 aromatic carbocycles. The average Bonchev–Trinajstić information content (AvgIpc) is 2.88. The fourth-order valence-corrected chi connectivity index (χ4v) is 3.59. The molecule has 0 aliphatic rings. The van der Waals surface area contributed by atoms with Crippen LogP contribution in [0.3, 0.4) is 0 Å². The van der Waals surface area contributed by atoms with Gasteiger partial charge in [-0.05, 0) is 42.0 Å². The van der Waals surface area contributed by atoms with Crippen molar-refractivity contribution >= 4 is 27.3 Å². The minimum atomic E-state index is 0.340. The molecule has 102 valence electrons. The lowest BCUT2D eigenvalue weighted by Crippen LogP contribution is -2.27. The van der Waals surface area contributed by atoms with E-state index in [1.54, 1.807) is 0 Å². The average molecular weight is 338 g/mol. The zero-order valence-electron chi connectivity index (χ0n) is 11.6. The Bertz CT molecular complexity index is 507. The van der Waals surface area contributed by atoms with Gasteiger partial charge in [-0.3, -0.25) is 0 Å². The molecule has 0 saturated carbocycles. The van der Waals surface area contributed by atoms with Crippen LogP contribution >= 0.6 is 27.3 Å². The van der Waals surface area contributed by atoms with Gasteiger partial charge in [0.15, 0.2) is 0 Å². The molecule has 1 N–H and O–H groups in total. The first-order valence-corrected chi connectivity index (χ1v) is 8.30. The van der Waals surface area contributed by atoms with Crippen LogP contribution < -0.4 is 5.32 Å². The second-order valence-corrected chi connectivity index (χ2v) is 7.08. The molecular weight excluding hydrogens is 318 g/mol. The molecule has 0 aliphatic heterocycles. The number of nitrogens with one attached hydrogen (secondary N) is 1. The van der Waals surface area contributed by atoms with Gasteiger partial charge < -0.3 is 5.32 Å². The van der Waals surface area contributed by atoms with Gasteiger partial charge in [0.05, 0.1) is 0 Å². The number of hydrogen-bond acceptors (Lipinski definition) is 2. The fourth-order valence-electron chi connectivity index (χ4n) is 2.21. The zero-order valence-corrected chi connectivity index (χ0v) is 14.0. The van der Waals surface area contributed by atoms with Crippen molar-refractivity contribution in [2.45, 2.75) is 32.9 Å². The Kier molecular flexibility index (Phi) is 5.20. The van der Waals surface area contributed by atoms with Gasteiger partial charge in [-0.15, -0.1) is 11.3 Å². The fraction of sp³-hybridized carbons (Fsp3) is 0.375. The highest BCUT2D eigenvalue weighted by Gasteiger charge is 2.19. The van der Waals surface area contributed by atoms with Crippen LogP contribution in [-0.4, -0.2) is 0 Å². The first kappa shape index (κ1) is 14.8. The van der Waals surface area contributed by atoms with E-state index in [0.29, 0.717) is 18.0 Å². The largest absolute Gasteiger partial charge is 0.302 e. The van der Waals surface area contributed by atoms with E-state index in [4.69, 9.17) is 0 Å². The Morgan fingerprint density at radius 1 is 1.11 bits per heavy atom. The maximum atomic E-state index is 3.75. The van der Waals surface area contributed by atoms with Crippen molar-refractivity contribution in [1.29, 1.82) is 0 Å². The summed E-state index contributed by atoms with van der Waals surface area (Å²) < 4.78 is 1.14. The van der Waals surface area contributed by atoms with Crippen LogP contribution in [0, 0.1) is 5.92 Å². The molecule has 0 spiro atoms. The second-order valence-electron chi connectivity index (χ2n) is 5.18. The summed E-state index contributed by atoms with van der Waals surface area (Å²) in [4.78, 5) is 1.41. The van der Waals surface area contributed by atoms with Gasteiger partial charge in [-0.1, -0.05) is 48.0 Å². The van der Waals surface area contributed by atoms with E-state index < -0.39 is 0 Å². The van der Waals surface area contributed by atoms with Crippen molar-refractivity contribution < 1.29 is 0 Å². The van der Waals surface area contributed by atoms with E-state index in [1.165, 1.54) is 10.4 Å². The Morgan fingerprint density at radius 3 is 2.47 bits per heavy atom. The van der Waals surface area contributed by atoms with Gasteiger partial charge >= 0.3 is 0 Å². The molecule has 0 bridgehead atoms. The Morgan fingerprint density at radius 2 is 1.89 bits per heavy atom. The summed E-state index contributed by atoms with van der Waals surface area (Å²) in [5.74, 6) is 0.577. The van der Waals surface area contributed by atoms with E-state index in [9.17, 15) is 0 Å². The Balaban J connectivity index is 2.14. The quantitative estimate of drug-likeness (QED) is 0.753. The summed E-state index contributed by atoms with van der Waals surface area (Å²) in [5.41, 5.74) is 1.32. The first-order valence-electron chi connectivity index (χ1n) is 6.63. The van der Waals surface area contributed by atoms with E-state index in [2.05, 4.69) is 83.8 Å². The van der Waals surface area contributed by atoms with Crippen LogP contribution in [0.1, 0.15) is 43.3 Å². The minimum absolute atomic E-state index is 0.340. The van der Waals surface area contributed by atoms with Crippen LogP contribution in [0.5, 0.6) is 0 Å². The Hall–Kier alpha value is -0.640. The standard InChI is InChI=1S/C16H20BrNS/c1-11(2)16(15-8-5-9-19-15)18-12(3)13-6-4-7-14(17)10-13/h4-12,16,18H,1-3H3. The smallest absolute Gasteiger partial charge is 0.0442 e. The maximum absolute atomic E-state index is 3.75. The number of benzene rings is 1. The van der Waals surface area contributed by atoms with E-state index in [-0.39, 0.29) is 0 Å². The normalized spacial score (nSPS) is 14.6. The summed E-state index contributed by atoms with van der Waals surface area (Å²) in [6.45, 7) is 6.76. The molecule has 2 aromatic rings. The van der Waals surface area contributed by atoms with Gasteiger partial charge in [-0.25, -0.2) is 0 Å². The molecule has 0 fully saturated rings. The van der Waals surface area contributed by atoms with Gasteiger partial charge in [0.1, 0.15) is 0 Å². The summed E-state index contributed by atoms with van der Waals surface area (Å²) in [6, 6.07) is 13.6. The molecule has 0 saturated heterocycles. The van der Waals surface area contributed by atoms with Crippen LogP contribution in [0.25, 0.3) is 0 Å². The van der Waals surface area contributed by atoms with E-state index in [1.807, 2.05) is 11.3 Å². The topological polar surface area (TPSA) is 12.0 Å². The molecule has 2 rings (SSSR count). The number of halogens is 1. The molecule has 0 amide bonds. The minimum Gasteiger partial charge on any atom is -0.302 e. The molecule has 19 heavy (non-hydrogen) atoms. The summed E-state index contributed by atoms with van der Waals surface area (Å²) in [5, 5.41) is 5.90. The molecule has 1 heterocycles. The highest BCUT2D eigenvalue weighted by atomic mass is 79.9. The lowest BCUT2D eigenvalue weighted by Gasteiger charge is -2.26. The highest BCUT2D eigenvalue weighted by molar-refractivity contribution is 9.10. The van der Waals surface area contributed by atoms with Crippen molar-refractivity contribution in [2.75, 3.05) is 0 Å². The van der Waals surface area contributed by atoms with Crippen LogP contribution in [-0.2, 0) is 0 Å². The predicted molar refractivity (Wildman–Crippen MR) is 87.6 cm³/mol. The monoisotopic (exact) mass is 337 g/mol. The third kappa shape index (κ3) is 3.91. The van der Waals surface area contributed by atoms with Crippen molar-refractivity contribution in [3.05, 3.63) is 56.7 Å². The molecule has 3 heteroatoms. The first-order chi connectivity index (χ1) is 9.08. The molecule has 2 unspecified atom stereocenters. The lowest BCUT2D eigenvalue weighted by atomic mass is 10.00.